The van der Waals surface area contributed by atoms with Crippen LogP contribution in [0.2, 0.25) is 0 Å². The molecule has 1 aliphatic carbocycles. The molecule has 0 spiro atoms. The van der Waals surface area contributed by atoms with Crippen molar-refractivity contribution in [3.63, 3.8) is 0 Å². The Balaban J connectivity index is 1.45. The fourth-order valence-electron chi connectivity index (χ4n) is 5.03. The first-order valence-corrected chi connectivity index (χ1v) is 12.5. The second kappa shape index (κ2) is 9.73. The second-order valence-corrected chi connectivity index (χ2v) is 10.1. The molecule has 2 aromatic carbocycles. The van der Waals surface area contributed by atoms with E-state index in [1.54, 1.807) is 43.8 Å². The maximum atomic E-state index is 13.8. The summed E-state index contributed by atoms with van der Waals surface area (Å²) in [7, 11) is 5.36. The molecule has 2 heterocycles. The van der Waals surface area contributed by atoms with Crippen LogP contribution in [-0.4, -0.2) is 49.1 Å². The molecule has 0 saturated heterocycles. The van der Waals surface area contributed by atoms with E-state index in [4.69, 9.17) is 0 Å². The summed E-state index contributed by atoms with van der Waals surface area (Å²) in [6, 6.07) is 14.8. The van der Waals surface area contributed by atoms with Crippen molar-refractivity contribution in [1.29, 1.82) is 0 Å². The Labute approximate surface area is 218 Å². The molecule has 184 valence electrons. The van der Waals surface area contributed by atoms with Crippen molar-refractivity contribution in [2.75, 3.05) is 12.4 Å². The molecule has 0 saturated carbocycles. The lowest BCUT2D eigenvalue weighted by molar-refractivity contribution is -0.121. The van der Waals surface area contributed by atoms with Crippen LogP contribution in [0.5, 0.6) is 0 Å². The van der Waals surface area contributed by atoms with Crippen molar-refractivity contribution in [2.24, 2.45) is 14.1 Å². The van der Waals surface area contributed by atoms with Crippen molar-refractivity contribution >= 4 is 33.4 Å². The molecule has 0 bridgehead atoms. The van der Waals surface area contributed by atoms with Gasteiger partial charge in [-0.1, -0.05) is 34.1 Å². The standard InChI is InChI=1S/C27H27BrN6O2/c1-32-16-29-15-24(32)18-5-9-20(10-6-18)31-26(35)25(33(2)27(36)23-12-13-30-34(23)3)21-11-7-17-4-8-19(28)14-22(17)21/h4-6,8-10,12-16,21,25H,7,11H2,1-3H3,(H,31,35)/t21-,25+/m1/s1. The van der Waals surface area contributed by atoms with Crippen molar-refractivity contribution in [1.82, 2.24) is 24.2 Å². The zero-order valence-electron chi connectivity index (χ0n) is 20.4. The maximum absolute atomic E-state index is 13.8. The summed E-state index contributed by atoms with van der Waals surface area (Å²) in [5, 5.41) is 7.19. The smallest absolute Gasteiger partial charge is 0.272 e. The molecule has 36 heavy (non-hydrogen) atoms. The molecule has 0 fully saturated rings. The Bertz CT molecular complexity index is 1420. The third kappa shape index (κ3) is 4.46. The zero-order valence-corrected chi connectivity index (χ0v) is 21.9. The number of carbonyl (C=O) groups is 2. The van der Waals surface area contributed by atoms with Crippen LogP contribution < -0.4 is 5.32 Å². The molecule has 4 aromatic rings. The average molecular weight is 547 g/mol. The van der Waals surface area contributed by atoms with Crippen LogP contribution in [0.25, 0.3) is 11.3 Å². The van der Waals surface area contributed by atoms with Gasteiger partial charge in [0.2, 0.25) is 5.91 Å². The lowest BCUT2D eigenvalue weighted by Gasteiger charge is -2.32. The Morgan fingerprint density at radius 2 is 1.92 bits per heavy atom. The SMILES string of the molecule is CN(C(=O)c1ccnn1C)[C@H](C(=O)Nc1ccc(-c2cncn2C)cc1)[C@@H]1CCc2ccc(Br)cc21. The number of nitrogens with zero attached hydrogens (tertiary/aromatic N) is 5. The fourth-order valence-corrected chi connectivity index (χ4v) is 5.41. The molecule has 1 aliphatic rings. The van der Waals surface area contributed by atoms with Crippen molar-refractivity contribution in [3.8, 4) is 11.3 Å². The van der Waals surface area contributed by atoms with Crippen molar-refractivity contribution in [2.45, 2.75) is 24.8 Å². The third-order valence-corrected chi connectivity index (χ3v) is 7.42. The number of nitrogens with one attached hydrogen (secondary N) is 1. The van der Waals surface area contributed by atoms with Gasteiger partial charge in [-0.3, -0.25) is 14.3 Å². The fraction of sp³-hybridized carbons (Fsp3) is 0.259. The minimum absolute atomic E-state index is 0.131. The molecular weight excluding hydrogens is 520 g/mol. The van der Waals surface area contributed by atoms with E-state index in [-0.39, 0.29) is 17.7 Å². The molecule has 9 heteroatoms. The highest BCUT2D eigenvalue weighted by Gasteiger charge is 2.39. The molecule has 1 N–H and O–H groups in total. The number of imidazole rings is 1. The van der Waals surface area contributed by atoms with Gasteiger partial charge in [-0.05, 0) is 59.9 Å². The second-order valence-electron chi connectivity index (χ2n) is 9.15. The summed E-state index contributed by atoms with van der Waals surface area (Å²) in [5.41, 5.74) is 5.40. The Hall–Kier alpha value is -3.72. The number of halogens is 1. The highest BCUT2D eigenvalue weighted by Crippen LogP contribution is 2.39. The average Bonchev–Trinajstić information content (AvgIpc) is 3.59. The number of amides is 2. The minimum Gasteiger partial charge on any atom is -0.334 e. The van der Waals surface area contributed by atoms with E-state index in [1.807, 2.05) is 41.9 Å². The van der Waals surface area contributed by atoms with E-state index in [2.05, 4.69) is 43.5 Å². The topological polar surface area (TPSA) is 85.1 Å². The highest BCUT2D eigenvalue weighted by molar-refractivity contribution is 9.10. The summed E-state index contributed by atoms with van der Waals surface area (Å²) in [4.78, 5) is 33.0. The van der Waals surface area contributed by atoms with Crippen LogP contribution in [0.4, 0.5) is 5.69 Å². The van der Waals surface area contributed by atoms with Gasteiger partial charge in [0, 0.05) is 43.4 Å². The number of likely N-dealkylation sites (N-methyl/N-ethyl adjacent to an activating group) is 1. The molecular formula is C27H27BrN6O2. The number of hydrogen-bond donors (Lipinski definition) is 1. The monoisotopic (exact) mass is 546 g/mol. The first-order chi connectivity index (χ1) is 17.3. The van der Waals surface area contributed by atoms with E-state index in [0.717, 1.165) is 34.1 Å². The van der Waals surface area contributed by atoms with E-state index >= 15 is 0 Å². The number of rotatable bonds is 6. The van der Waals surface area contributed by atoms with Gasteiger partial charge in [0.25, 0.3) is 5.91 Å². The normalized spacial score (nSPS) is 15.4. The van der Waals surface area contributed by atoms with Crippen LogP contribution in [-0.2, 0) is 25.3 Å². The summed E-state index contributed by atoms with van der Waals surface area (Å²) in [6.07, 6.45) is 6.79. The predicted octanol–water partition coefficient (Wildman–Crippen LogP) is 4.39. The minimum atomic E-state index is -0.695. The lowest BCUT2D eigenvalue weighted by atomic mass is 9.91. The van der Waals surface area contributed by atoms with Crippen LogP contribution in [0.3, 0.4) is 0 Å². The number of benzene rings is 2. The van der Waals surface area contributed by atoms with Gasteiger partial charge in [0.1, 0.15) is 11.7 Å². The Morgan fingerprint density at radius 3 is 2.58 bits per heavy atom. The Kier molecular flexibility index (Phi) is 6.49. The zero-order chi connectivity index (χ0) is 25.4. The summed E-state index contributed by atoms with van der Waals surface area (Å²) >= 11 is 3.57. The van der Waals surface area contributed by atoms with E-state index in [0.29, 0.717) is 11.4 Å². The van der Waals surface area contributed by atoms with Gasteiger partial charge in [-0.25, -0.2) is 4.98 Å². The predicted molar refractivity (Wildman–Crippen MR) is 142 cm³/mol. The first kappa shape index (κ1) is 24.0. The van der Waals surface area contributed by atoms with Gasteiger partial charge in [-0.2, -0.15) is 5.10 Å². The molecule has 0 aliphatic heterocycles. The molecule has 2 amide bonds. The summed E-state index contributed by atoms with van der Waals surface area (Å²) < 4.78 is 4.43. The lowest BCUT2D eigenvalue weighted by Crippen LogP contribution is -2.48. The summed E-state index contributed by atoms with van der Waals surface area (Å²) in [6.45, 7) is 0. The Morgan fingerprint density at radius 1 is 1.14 bits per heavy atom. The van der Waals surface area contributed by atoms with Crippen molar-refractivity contribution < 1.29 is 9.59 Å². The van der Waals surface area contributed by atoms with Gasteiger partial charge in [0.05, 0.1) is 18.2 Å². The van der Waals surface area contributed by atoms with Crippen LogP contribution in [0.15, 0.2) is 71.7 Å². The third-order valence-electron chi connectivity index (χ3n) is 6.92. The molecule has 5 rings (SSSR count). The quantitative estimate of drug-likeness (QED) is 0.388. The van der Waals surface area contributed by atoms with E-state index in [9.17, 15) is 9.59 Å². The van der Waals surface area contributed by atoms with Crippen LogP contribution >= 0.6 is 15.9 Å². The molecule has 0 unspecified atom stereocenters. The molecule has 0 radical (unpaired) electrons. The number of hydrogen-bond acceptors (Lipinski definition) is 4. The molecule has 8 nitrogen and oxygen atoms in total. The number of anilines is 1. The maximum Gasteiger partial charge on any atom is 0.272 e. The van der Waals surface area contributed by atoms with Crippen LogP contribution in [0, 0.1) is 0 Å². The number of fused-ring (bicyclic) bond motifs is 1. The molecule has 2 atom stereocenters. The van der Waals surface area contributed by atoms with E-state index < -0.39 is 6.04 Å². The van der Waals surface area contributed by atoms with Crippen LogP contribution in [0.1, 0.15) is 34.0 Å². The summed E-state index contributed by atoms with van der Waals surface area (Å²) in [5.74, 6) is -0.599. The van der Waals surface area contributed by atoms with Gasteiger partial charge >= 0.3 is 0 Å². The first-order valence-electron chi connectivity index (χ1n) is 11.7. The van der Waals surface area contributed by atoms with E-state index in [1.165, 1.54) is 10.2 Å². The van der Waals surface area contributed by atoms with Gasteiger partial charge < -0.3 is 14.8 Å². The highest BCUT2D eigenvalue weighted by atomic mass is 79.9. The molecule has 2 aromatic heterocycles. The number of aromatic nitrogens is 4. The van der Waals surface area contributed by atoms with Crippen molar-refractivity contribution in [3.05, 3.63) is 88.5 Å². The number of carbonyl (C=O) groups excluding carboxylic acids is 2. The van der Waals surface area contributed by atoms with Gasteiger partial charge in [0.15, 0.2) is 0 Å². The van der Waals surface area contributed by atoms with Gasteiger partial charge in [-0.15, -0.1) is 0 Å². The number of aryl methyl sites for hydroxylation is 3. The largest absolute Gasteiger partial charge is 0.334 e.